The highest BCUT2D eigenvalue weighted by Gasteiger charge is 2.19. The Morgan fingerprint density at radius 2 is 2.00 bits per heavy atom. The van der Waals surface area contributed by atoms with E-state index in [1.54, 1.807) is 0 Å². The van der Waals surface area contributed by atoms with Crippen molar-refractivity contribution in [3.05, 3.63) is 46.2 Å². The maximum Gasteiger partial charge on any atom is 0.224 e. The number of hydrogen-bond donors (Lipinski definition) is 1. The molecular weight excluding hydrogens is 360 g/mol. The van der Waals surface area contributed by atoms with Crippen molar-refractivity contribution in [1.29, 1.82) is 0 Å². The van der Waals surface area contributed by atoms with E-state index >= 15 is 0 Å². The van der Waals surface area contributed by atoms with E-state index < -0.39 is 0 Å². The van der Waals surface area contributed by atoms with Gasteiger partial charge in [0.1, 0.15) is 0 Å². The Kier molecular flexibility index (Phi) is 6.55. The molecule has 6 heteroatoms. The van der Waals surface area contributed by atoms with Crippen LogP contribution in [0.25, 0.3) is 5.69 Å². The molecule has 1 aromatic heterocycles. The number of likely N-dealkylation sites (tertiary alicyclic amines) is 1. The molecule has 0 bridgehead atoms. The van der Waals surface area contributed by atoms with Gasteiger partial charge in [-0.2, -0.15) is 5.10 Å². The van der Waals surface area contributed by atoms with Crippen LogP contribution in [0.1, 0.15) is 43.1 Å². The number of nitrogens with one attached hydrogen (secondary N) is 1. The highest BCUT2D eigenvalue weighted by molar-refractivity contribution is 6.30. The summed E-state index contributed by atoms with van der Waals surface area (Å²) in [5, 5.41) is 8.38. The van der Waals surface area contributed by atoms with Crippen LogP contribution in [-0.2, 0) is 11.2 Å². The molecule has 146 valence electrons. The zero-order chi connectivity index (χ0) is 19.4. The number of carbonyl (C=O) groups is 1. The fourth-order valence-electron chi connectivity index (χ4n) is 3.82. The SMILES string of the molecule is Cc1nn(-c2ccc(Cl)cc2)c(C)c1CC(=O)NCCN1CCCCC1C. The number of aromatic nitrogens is 2. The van der Waals surface area contributed by atoms with Crippen LogP contribution in [0.3, 0.4) is 0 Å². The van der Waals surface area contributed by atoms with E-state index in [4.69, 9.17) is 11.6 Å². The molecule has 1 saturated heterocycles. The molecule has 3 rings (SSSR count). The Morgan fingerprint density at radius 1 is 1.26 bits per heavy atom. The number of carbonyl (C=O) groups excluding carboxylic acids is 1. The third kappa shape index (κ3) is 4.90. The van der Waals surface area contributed by atoms with Gasteiger partial charge in [-0.15, -0.1) is 0 Å². The summed E-state index contributed by atoms with van der Waals surface area (Å²) in [6.45, 7) is 9.01. The highest BCUT2D eigenvalue weighted by atomic mass is 35.5. The minimum absolute atomic E-state index is 0.0570. The first-order valence-electron chi connectivity index (χ1n) is 9.77. The second kappa shape index (κ2) is 8.89. The van der Waals surface area contributed by atoms with Crippen LogP contribution in [0.2, 0.25) is 5.02 Å². The van der Waals surface area contributed by atoms with E-state index in [0.29, 0.717) is 24.0 Å². The molecule has 2 aromatic rings. The molecule has 1 fully saturated rings. The second-order valence-electron chi connectivity index (χ2n) is 7.45. The molecule has 1 N–H and O–H groups in total. The van der Waals surface area contributed by atoms with Gasteiger partial charge in [-0.1, -0.05) is 18.0 Å². The molecule has 1 amide bonds. The lowest BCUT2D eigenvalue weighted by Crippen LogP contribution is -2.42. The summed E-state index contributed by atoms with van der Waals surface area (Å²) < 4.78 is 1.88. The summed E-state index contributed by atoms with van der Waals surface area (Å²) in [6.07, 6.45) is 4.21. The Balaban J connectivity index is 1.58. The quantitative estimate of drug-likeness (QED) is 0.821. The standard InChI is InChI=1S/C21H29ClN4O/c1-15-6-4-5-12-25(15)13-11-23-21(27)14-20-16(2)24-26(17(20)3)19-9-7-18(22)8-10-19/h7-10,15H,4-6,11-14H2,1-3H3,(H,23,27). The van der Waals surface area contributed by atoms with Crippen molar-refractivity contribution in [3.63, 3.8) is 0 Å². The minimum Gasteiger partial charge on any atom is -0.355 e. The Morgan fingerprint density at radius 3 is 2.70 bits per heavy atom. The first-order chi connectivity index (χ1) is 13.0. The number of benzene rings is 1. The topological polar surface area (TPSA) is 50.2 Å². The Labute approximate surface area is 166 Å². The van der Waals surface area contributed by atoms with Crippen molar-refractivity contribution in [2.24, 2.45) is 0 Å². The monoisotopic (exact) mass is 388 g/mol. The van der Waals surface area contributed by atoms with E-state index in [9.17, 15) is 4.79 Å². The average Bonchev–Trinajstić information content (AvgIpc) is 2.92. The summed E-state index contributed by atoms with van der Waals surface area (Å²) in [5.41, 5.74) is 3.83. The van der Waals surface area contributed by atoms with Crippen molar-refractivity contribution < 1.29 is 4.79 Å². The van der Waals surface area contributed by atoms with E-state index in [1.807, 2.05) is 42.8 Å². The summed E-state index contributed by atoms with van der Waals surface area (Å²) in [5.74, 6) is 0.0570. The maximum absolute atomic E-state index is 12.4. The lowest BCUT2D eigenvalue weighted by molar-refractivity contribution is -0.120. The van der Waals surface area contributed by atoms with Gasteiger partial charge in [0.2, 0.25) is 5.91 Å². The van der Waals surface area contributed by atoms with Crippen molar-refractivity contribution >= 4 is 17.5 Å². The van der Waals surface area contributed by atoms with Crippen molar-refractivity contribution in [2.45, 2.75) is 52.5 Å². The largest absolute Gasteiger partial charge is 0.355 e. The van der Waals surface area contributed by atoms with Gasteiger partial charge in [0.25, 0.3) is 0 Å². The smallest absolute Gasteiger partial charge is 0.224 e. The molecule has 0 aliphatic carbocycles. The summed E-state index contributed by atoms with van der Waals surface area (Å²) in [7, 11) is 0. The van der Waals surface area contributed by atoms with Crippen LogP contribution in [0.15, 0.2) is 24.3 Å². The molecular formula is C21H29ClN4O. The number of aryl methyl sites for hydroxylation is 1. The highest BCUT2D eigenvalue weighted by Crippen LogP contribution is 2.20. The molecule has 2 heterocycles. The van der Waals surface area contributed by atoms with Crippen molar-refractivity contribution in [2.75, 3.05) is 19.6 Å². The number of rotatable bonds is 6. The van der Waals surface area contributed by atoms with Crippen LogP contribution < -0.4 is 5.32 Å². The minimum atomic E-state index is 0.0570. The fourth-order valence-corrected chi connectivity index (χ4v) is 3.94. The van der Waals surface area contributed by atoms with Crippen LogP contribution in [-0.4, -0.2) is 46.3 Å². The molecule has 1 aliphatic heterocycles. The van der Waals surface area contributed by atoms with Crippen molar-refractivity contribution in [3.8, 4) is 5.69 Å². The summed E-state index contributed by atoms with van der Waals surface area (Å²) in [4.78, 5) is 14.9. The zero-order valence-electron chi connectivity index (χ0n) is 16.5. The molecule has 0 radical (unpaired) electrons. The van der Waals surface area contributed by atoms with Gasteiger partial charge < -0.3 is 5.32 Å². The van der Waals surface area contributed by atoms with Crippen LogP contribution in [0.5, 0.6) is 0 Å². The lowest BCUT2D eigenvalue weighted by Gasteiger charge is -2.33. The fraction of sp³-hybridized carbons (Fsp3) is 0.524. The molecule has 1 atom stereocenters. The predicted molar refractivity (Wildman–Crippen MR) is 110 cm³/mol. The molecule has 0 saturated carbocycles. The van der Waals surface area contributed by atoms with E-state index in [-0.39, 0.29) is 5.91 Å². The summed E-state index contributed by atoms with van der Waals surface area (Å²) >= 11 is 5.97. The maximum atomic E-state index is 12.4. The zero-order valence-corrected chi connectivity index (χ0v) is 17.2. The third-order valence-electron chi connectivity index (χ3n) is 5.51. The first-order valence-corrected chi connectivity index (χ1v) is 10.2. The molecule has 1 unspecified atom stereocenters. The van der Waals surface area contributed by atoms with Gasteiger partial charge in [-0.25, -0.2) is 4.68 Å². The number of piperidine rings is 1. The van der Waals surface area contributed by atoms with E-state index in [2.05, 4.69) is 22.2 Å². The third-order valence-corrected chi connectivity index (χ3v) is 5.76. The van der Waals surface area contributed by atoms with Crippen LogP contribution in [0.4, 0.5) is 0 Å². The lowest BCUT2D eigenvalue weighted by atomic mass is 10.0. The predicted octanol–water partition coefficient (Wildman–Crippen LogP) is 3.68. The Bertz CT molecular complexity index is 784. The van der Waals surface area contributed by atoms with E-state index in [1.165, 1.54) is 19.3 Å². The van der Waals surface area contributed by atoms with Crippen LogP contribution >= 0.6 is 11.6 Å². The van der Waals surface area contributed by atoms with Gasteiger partial charge in [0.15, 0.2) is 0 Å². The van der Waals surface area contributed by atoms with E-state index in [0.717, 1.165) is 35.7 Å². The molecule has 0 spiro atoms. The number of halogens is 1. The number of nitrogens with zero attached hydrogens (tertiary/aromatic N) is 3. The van der Waals surface area contributed by atoms with Crippen molar-refractivity contribution in [1.82, 2.24) is 20.0 Å². The average molecular weight is 389 g/mol. The van der Waals surface area contributed by atoms with Gasteiger partial charge in [0, 0.05) is 35.4 Å². The van der Waals surface area contributed by atoms with Gasteiger partial charge in [-0.05, 0) is 64.4 Å². The molecule has 27 heavy (non-hydrogen) atoms. The molecule has 1 aliphatic rings. The van der Waals surface area contributed by atoms with Gasteiger partial charge in [0.05, 0.1) is 17.8 Å². The number of amides is 1. The number of hydrogen-bond acceptors (Lipinski definition) is 3. The normalized spacial score (nSPS) is 17.9. The summed E-state index contributed by atoms with van der Waals surface area (Å²) in [6, 6.07) is 8.19. The van der Waals surface area contributed by atoms with Gasteiger partial charge in [-0.3, -0.25) is 9.69 Å². The molecule has 5 nitrogen and oxygen atoms in total. The second-order valence-corrected chi connectivity index (χ2v) is 7.88. The first kappa shape index (κ1) is 19.9. The Hall–Kier alpha value is -1.85. The molecule has 1 aromatic carbocycles. The van der Waals surface area contributed by atoms with Gasteiger partial charge >= 0.3 is 0 Å². The van der Waals surface area contributed by atoms with Crippen LogP contribution in [0, 0.1) is 13.8 Å².